The molecule has 0 aliphatic heterocycles. The molecule has 0 bridgehead atoms. The Kier molecular flexibility index (Phi) is 6.42. The van der Waals surface area contributed by atoms with Crippen molar-refractivity contribution in [3.05, 3.63) is 63.7 Å². The Bertz CT molecular complexity index is 663. The molecule has 1 atom stereocenters. The molecule has 2 rings (SSSR count). The van der Waals surface area contributed by atoms with Gasteiger partial charge in [0.15, 0.2) is 17.5 Å². The van der Waals surface area contributed by atoms with Crippen LogP contribution < -0.4 is 5.30 Å². The minimum Gasteiger partial charge on any atom is -0.206 e. The number of halogens is 8. The highest BCUT2D eigenvalue weighted by atomic mass is 35.5. The van der Waals surface area contributed by atoms with Crippen molar-refractivity contribution >= 4 is 26.1 Å². The summed E-state index contributed by atoms with van der Waals surface area (Å²) in [5.74, 6) is -4.65. The van der Waals surface area contributed by atoms with Gasteiger partial charge in [0, 0.05) is 5.30 Å². The van der Waals surface area contributed by atoms with Crippen molar-refractivity contribution in [3.63, 3.8) is 0 Å². The van der Waals surface area contributed by atoms with Gasteiger partial charge in [0.05, 0.1) is 10.6 Å². The van der Waals surface area contributed by atoms with Crippen molar-refractivity contribution in [1.29, 1.82) is 0 Å². The zero-order valence-electron chi connectivity index (χ0n) is 11.4. The molecule has 0 aliphatic rings. The Hall–Kier alpha value is -1.33. The van der Waals surface area contributed by atoms with E-state index in [1.54, 1.807) is 0 Å². The third-order valence-electron chi connectivity index (χ3n) is 2.63. The Morgan fingerprint density at radius 3 is 1.91 bits per heavy atom. The van der Waals surface area contributed by atoms with Crippen LogP contribution in [0.5, 0.6) is 0 Å². The van der Waals surface area contributed by atoms with Gasteiger partial charge in [-0.15, -0.1) is 9.24 Å². The molecule has 9 heteroatoms. The average molecular weight is 377 g/mol. The molecule has 0 aromatic heterocycles. The van der Waals surface area contributed by atoms with E-state index in [2.05, 4.69) is 0 Å². The second-order valence-corrected chi connectivity index (χ2v) is 5.33. The number of alkyl halides is 3. The summed E-state index contributed by atoms with van der Waals surface area (Å²) in [6.45, 7) is 1.37. The molecule has 0 heterocycles. The maximum Gasteiger partial charge on any atom is 0.416 e. The molecule has 0 spiro atoms. The summed E-state index contributed by atoms with van der Waals surface area (Å²) < 4.78 is 85.7. The van der Waals surface area contributed by atoms with Gasteiger partial charge in [-0.2, -0.15) is 13.2 Å². The standard InChI is InChI=1S/C7H4ClF4P.C7H5F3/c8-4-1-3(7(10,11)12)2-5(9)6(4)13;1-4-2-3-5(8)7(10)6(4)9/h1-2H,13H2;2-3H,1H3. The first-order chi connectivity index (χ1) is 10.4. The van der Waals surface area contributed by atoms with E-state index in [0.29, 0.717) is 12.1 Å². The molecule has 2 aromatic rings. The molecule has 0 nitrogen and oxygen atoms in total. The molecule has 0 radical (unpaired) electrons. The summed E-state index contributed by atoms with van der Waals surface area (Å²) in [4.78, 5) is 0. The van der Waals surface area contributed by atoms with Gasteiger partial charge in [-0.3, -0.25) is 0 Å². The lowest BCUT2D eigenvalue weighted by Crippen LogP contribution is -2.10. The third-order valence-corrected chi connectivity index (χ3v) is 3.72. The normalized spacial score (nSPS) is 11.0. The fourth-order valence-electron chi connectivity index (χ4n) is 1.37. The fourth-order valence-corrected chi connectivity index (χ4v) is 1.74. The molecular weight excluding hydrogens is 368 g/mol. The Morgan fingerprint density at radius 2 is 1.48 bits per heavy atom. The predicted octanol–water partition coefficient (Wildman–Crippen LogP) is 5.41. The highest BCUT2D eigenvalue weighted by Crippen LogP contribution is 2.31. The topological polar surface area (TPSA) is 0 Å². The number of rotatable bonds is 0. The Morgan fingerprint density at radius 1 is 0.913 bits per heavy atom. The fraction of sp³-hybridized carbons (Fsp3) is 0.143. The molecule has 0 aliphatic carbocycles. The zero-order valence-corrected chi connectivity index (χ0v) is 13.3. The monoisotopic (exact) mass is 376 g/mol. The zero-order chi connectivity index (χ0) is 17.9. The highest BCUT2D eigenvalue weighted by Gasteiger charge is 2.31. The number of hydrogen-bond donors (Lipinski definition) is 0. The minimum absolute atomic E-state index is 0.0605. The van der Waals surface area contributed by atoms with Gasteiger partial charge in [-0.1, -0.05) is 17.7 Å². The molecule has 2 aromatic carbocycles. The molecule has 0 fully saturated rings. The predicted molar refractivity (Wildman–Crippen MR) is 76.8 cm³/mol. The van der Waals surface area contributed by atoms with Crippen molar-refractivity contribution in [2.45, 2.75) is 13.1 Å². The van der Waals surface area contributed by atoms with Crippen molar-refractivity contribution in [1.82, 2.24) is 0 Å². The number of benzene rings is 2. The van der Waals surface area contributed by atoms with E-state index in [0.717, 1.165) is 6.07 Å². The van der Waals surface area contributed by atoms with Crippen molar-refractivity contribution in [2.75, 3.05) is 0 Å². The second kappa shape index (κ2) is 7.49. The van der Waals surface area contributed by atoms with Crippen molar-refractivity contribution in [2.24, 2.45) is 0 Å². The maximum absolute atomic E-state index is 12.8. The van der Waals surface area contributed by atoms with Gasteiger partial charge >= 0.3 is 6.18 Å². The first kappa shape index (κ1) is 19.7. The van der Waals surface area contributed by atoms with Crippen LogP contribution in [-0.2, 0) is 6.18 Å². The Labute approximate surface area is 134 Å². The van der Waals surface area contributed by atoms with Gasteiger partial charge in [0.25, 0.3) is 0 Å². The molecule has 126 valence electrons. The van der Waals surface area contributed by atoms with E-state index in [-0.39, 0.29) is 15.9 Å². The van der Waals surface area contributed by atoms with Crippen LogP contribution in [0.15, 0.2) is 24.3 Å². The molecule has 0 N–H and O–H groups in total. The van der Waals surface area contributed by atoms with Crippen LogP contribution in [0.4, 0.5) is 30.7 Å². The smallest absolute Gasteiger partial charge is 0.206 e. The van der Waals surface area contributed by atoms with Gasteiger partial charge in [-0.25, -0.2) is 17.6 Å². The van der Waals surface area contributed by atoms with Gasteiger partial charge in [0.2, 0.25) is 0 Å². The largest absolute Gasteiger partial charge is 0.416 e. The lowest BCUT2D eigenvalue weighted by Gasteiger charge is -2.08. The van der Waals surface area contributed by atoms with Crippen LogP contribution in [-0.4, -0.2) is 0 Å². The average Bonchev–Trinajstić information content (AvgIpc) is 2.46. The van der Waals surface area contributed by atoms with E-state index >= 15 is 0 Å². The molecule has 23 heavy (non-hydrogen) atoms. The lowest BCUT2D eigenvalue weighted by atomic mass is 10.2. The van der Waals surface area contributed by atoms with Gasteiger partial charge in [0.1, 0.15) is 5.82 Å². The van der Waals surface area contributed by atoms with Crippen LogP contribution in [0.25, 0.3) is 0 Å². The SMILES string of the molecule is Cc1ccc(F)c(F)c1F.Fc1cc(C(F)(F)F)cc(Cl)c1P. The summed E-state index contributed by atoms with van der Waals surface area (Å²) in [5, 5.41) is -0.313. The van der Waals surface area contributed by atoms with Crippen LogP contribution in [0, 0.1) is 30.2 Å². The summed E-state index contributed by atoms with van der Waals surface area (Å²) in [5.41, 5.74) is -0.972. The van der Waals surface area contributed by atoms with Crippen LogP contribution in [0.1, 0.15) is 11.1 Å². The van der Waals surface area contributed by atoms with Crippen LogP contribution in [0.2, 0.25) is 5.02 Å². The first-order valence-corrected chi connectivity index (χ1v) is 6.82. The quantitative estimate of drug-likeness (QED) is 0.327. The van der Waals surface area contributed by atoms with Crippen LogP contribution >= 0.6 is 20.8 Å². The number of aryl methyl sites for hydroxylation is 1. The summed E-state index contributed by atoms with van der Waals surface area (Å²) in [6.07, 6.45) is -4.57. The van der Waals surface area contributed by atoms with Gasteiger partial charge in [-0.05, 0) is 30.7 Å². The van der Waals surface area contributed by atoms with E-state index in [9.17, 15) is 30.7 Å². The second-order valence-electron chi connectivity index (χ2n) is 4.34. The third kappa shape index (κ3) is 5.08. The summed E-state index contributed by atoms with van der Waals surface area (Å²) >= 11 is 5.36. The minimum atomic E-state index is -4.57. The number of hydrogen-bond acceptors (Lipinski definition) is 0. The molecule has 0 saturated carbocycles. The van der Waals surface area contributed by atoms with Crippen molar-refractivity contribution < 1.29 is 30.7 Å². The molecule has 0 amide bonds. The molecule has 1 unspecified atom stereocenters. The first-order valence-electron chi connectivity index (χ1n) is 5.87. The summed E-state index contributed by atoms with van der Waals surface area (Å²) in [7, 11) is 1.93. The Balaban J connectivity index is 0.000000238. The van der Waals surface area contributed by atoms with E-state index < -0.39 is 35.0 Å². The van der Waals surface area contributed by atoms with Crippen molar-refractivity contribution in [3.8, 4) is 0 Å². The molecular formula is C14H9ClF7P. The highest BCUT2D eigenvalue weighted by molar-refractivity contribution is 7.28. The lowest BCUT2D eigenvalue weighted by molar-refractivity contribution is -0.137. The van der Waals surface area contributed by atoms with E-state index in [4.69, 9.17) is 11.6 Å². The summed E-state index contributed by atoms with van der Waals surface area (Å²) in [6, 6.07) is 3.18. The maximum atomic E-state index is 12.8. The van der Waals surface area contributed by atoms with E-state index in [1.807, 2.05) is 9.24 Å². The van der Waals surface area contributed by atoms with E-state index in [1.165, 1.54) is 13.0 Å². The molecule has 0 saturated heterocycles. The van der Waals surface area contributed by atoms with Crippen LogP contribution in [0.3, 0.4) is 0 Å². The van der Waals surface area contributed by atoms with Gasteiger partial charge < -0.3 is 0 Å².